The molecular weight excluding hydrogens is 243 g/mol. The van der Waals surface area contributed by atoms with Crippen molar-refractivity contribution in [2.45, 2.75) is 16.7 Å². The van der Waals surface area contributed by atoms with Gasteiger partial charge in [-0.05, 0) is 17.7 Å². The Balaban J connectivity index is 2.42. The highest BCUT2D eigenvalue weighted by Crippen LogP contribution is 2.53. The highest BCUT2D eigenvalue weighted by Gasteiger charge is 2.69. The Morgan fingerprint density at radius 1 is 1.41 bits per heavy atom. The van der Waals surface area contributed by atoms with Crippen LogP contribution < -0.4 is 5.73 Å². The zero-order valence-corrected chi connectivity index (χ0v) is 9.91. The van der Waals surface area contributed by atoms with Crippen LogP contribution in [0.25, 0.3) is 0 Å². The highest BCUT2D eigenvalue weighted by molar-refractivity contribution is 7.91. The van der Waals surface area contributed by atoms with Gasteiger partial charge in [0.1, 0.15) is 16.6 Å². The lowest BCUT2D eigenvalue weighted by atomic mass is 10.1. The van der Waals surface area contributed by atoms with Crippen molar-refractivity contribution in [2.24, 2.45) is 5.73 Å². The van der Waals surface area contributed by atoms with Crippen LogP contribution in [0.5, 0.6) is 0 Å². The summed E-state index contributed by atoms with van der Waals surface area (Å²) in [5.74, 6) is -0.993. The third-order valence-corrected chi connectivity index (χ3v) is 4.65. The number of nitrogens with two attached hydrogens (primary N) is 1. The zero-order chi connectivity index (χ0) is 12.8. The Bertz CT molecular complexity index is 591. The van der Waals surface area contributed by atoms with Crippen LogP contribution in [-0.2, 0) is 9.84 Å². The standard InChI is InChI=1S/C11H11FN2O2S/c1-17(15,16)10-9(11(10,14)6-13)7-2-4-8(12)5-3-7/h2-5,9-10H,14H2,1H3/t9-,10-,11-/m1/s1. The maximum absolute atomic E-state index is 12.8. The molecule has 0 amide bonds. The first-order valence-electron chi connectivity index (χ1n) is 4.95. The van der Waals surface area contributed by atoms with Gasteiger partial charge in [0.05, 0.1) is 6.07 Å². The molecule has 6 heteroatoms. The minimum absolute atomic E-state index is 0.412. The molecule has 17 heavy (non-hydrogen) atoms. The number of halogens is 1. The molecule has 0 heterocycles. The number of benzene rings is 1. The van der Waals surface area contributed by atoms with Gasteiger partial charge in [-0.15, -0.1) is 0 Å². The van der Waals surface area contributed by atoms with Crippen molar-refractivity contribution in [3.05, 3.63) is 35.6 Å². The van der Waals surface area contributed by atoms with E-state index in [0.717, 1.165) is 6.26 Å². The van der Waals surface area contributed by atoms with Gasteiger partial charge in [-0.2, -0.15) is 5.26 Å². The summed E-state index contributed by atoms with van der Waals surface area (Å²) in [7, 11) is -3.40. The first-order chi connectivity index (χ1) is 7.80. The van der Waals surface area contributed by atoms with E-state index in [-0.39, 0.29) is 0 Å². The van der Waals surface area contributed by atoms with E-state index in [1.165, 1.54) is 24.3 Å². The van der Waals surface area contributed by atoms with Crippen LogP contribution in [0.3, 0.4) is 0 Å². The fourth-order valence-corrected chi connectivity index (χ4v) is 3.94. The van der Waals surface area contributed by atoms with Gasteiger partial charge in [0.2, 0.25) is 0 Å². The Morgan fingerprint density at radius 2 is 1.94 bits per heavy atom. The van der Waals surface area contributed by atoms with Gasteiger partial charge >= 0.3 is 0 Å². The number of rotatable bonds is 2. The van der Waals surface area contributed by atoms with Gasteiger partial charge in [-0.3, -0.25) is 0 Å². The van der Waals surface area contributed by atoms with E-state index in [4.69, 9.17) is 11.0 Å². The molecular formula is C11H11FN2O2S. The number of nitriles is 1. The number of sulfone groups is 1. The van der Waals surface area contributed by atoms with E-state index in [0.29, 0.717) is 5.56 Å². The van der Waals surface area contributed by atoms with Crippen LogP contribution in [0.4, 0.5) is 4.39 Å². The molecule has 2 N–H and O–H groups in total. The largest absolute Gasteiger partial charge is 0.312 e. The predicted octanol–water partition coefficient (Wildman–Crippen LogP) is 0.557. The monoisotopic (exact) mass is 254 g/mol. The van der Waals surface area contributed by atoms with Gasteiger partial charge in [-0.1, -0.05) is 12.1 Å². The summed E-state index contributed by atoms with van der Waals surface area (Å²) < 4.78 is 35.8. The first-order valence-corrected chi connectivity index (χ1v) is 6.90. The molecule has 0 aliphatic heterocycles. The third-order valence-electron chi connectivity index (χ3n) is 3.06. The van der Waals surface area contributed by atoms with Crippen LogP contribution in [0.2, 0.25) is 0 Å². The summed E-state index contributed by atoms with van der Waals surface area (Å²) >= 11 is 0. The summed E-state index contributed by atoms with van der Waals surface area (Å²) in [6.07, 6.45) is 1.06. The lowest BCUT2D eigenvalue weighted by molar-refractivity contribution is 0.597. The molecule has 1 aliphatic rings. The maximum atomic E-state index is 12.8. The van der Waals surface area contributed by atoms with Crippen LogP contribution in [-0.4, -0.2) is 25.5 Å². The predicted molar refractivity (Wildman–Crippen MR) is 60.3 cm³/mol. The fraction of sp³-hybridized carbons (Fsp3) is 0.364. The number of hydrogen-bond donors (Lipinski definition) is 1. The van der Waals surface area contributed by atoms with E-state index in [1.54, 1.807) is 0 Å². The van der Waals surface area contributed by atoms with Gasteiger partial charge in [0.25, 0.3) is 0 Å². The van der Waals surface area contributed by atoms with Crippen LogP contribution in [0.1, 0.15) is 11.5 Å². The van der Waals surface area contributed by atoms with Crippen molar-refractivity contribution in [2.75, 3.05) is 6.26 Å². The van der Waals surface area contributed by atoms with Gasteiger partial charge < -0.3 is 5.73 Å². The van der Waals surface area contributed by atoms with Crippen molar-refractivity contribution >= 4 is 9.84 Å². The van der Waals surface area contributed by atoms with Gasteiger partial charge in [0.15, 0.2) is 9.84 Å². The summed E-state index contributed by atoms with van der Waals surface area (Å²) in [5, 5.41) is 8.06. The summed E-state index contributed by atoms with van der Waals surface area (Å²) in [6, 6.07) is 7.22. The van der Waals surface area contributed by atoms with E-state index >= 15 is 0 Å². The molecule has 0 bridgehead atoms. The SMILES string of the molecule is CS(=O)(=O)[C@@H]1[C@@H](c2ccc(F)cc2)[C@]1(N)C#N. The van der Waals surface area contributed by atoms with Crippen molar-refractivity contribution < 1.29 is 12.8 Å². The van der Waals surface area contributed by atoms with E-state index in [9.17, 15) is 12.8 Å². The maximum Gasteiger partial charge on any atom is 0.153 e. The normalized spacial score (nSPS) is 31.9. The molecule has 0 saturated heterocycles. The zero-order valence-electron chi connectivity index (χ0n) is 9.09. The summed E-state index contributed by atoms with van der Waals surface area (Å²) in [4.78, 5) is 0. The quantitative estimate of drug-likeness (QED) is 0.835. The molecule has 1 aromatic carbocycles. The second-order valence-corrected chi connectivity index (χ2v) is 6.49. The second-order valence-electron chi connectivity index (χ2n) is 4.32. The molecule has 3 atom stereocenters. The molecule has 1 fully saturated rings. The number of nitrogens with zero attached hydrogens (tertiary/aromatic N) is 1. The number of hydrogen-bond acceptors (Lipinski definition) is 4. The van der Waals surface area contributed by atoms with Crippen molar-refractivity contribution in [1.82, 2.24) is 0 Å². The molecule has 2 rings (SSSR count). The molecule has 0 unspecified atom stereocenters. The minimum Gasteiger partial charge on any atom is -0.312 e. The van der Waals surface area contributed by atoms with Gasteiger partial charge in [-0.25, -0.2) is 12.8 Å². The molecule has 4 nitrogen and oxygen atoms in total. The van der Waals surface area contributed by atoms with Crippen molar-refractivity contribution in [3.8, 4) is 6.07 Å². The minimum atomic E-state index is -3.40. The Labute approximate surface area is 98.8 Å². The van der Waals surface area contributed by atoms with E-state index < -0.39 is 32.4 Å². The second kappa shape index (κ2) is 3.52. The highest BCUT2D eigenvalue weighted by atomic mass is 32.2. The van der Waals surface area contributed by atoms with E-state index in [2.05, 4.69) is 0 Å². The summed E-state index contributed by atoms with van der Waals surface area (Å²) in [5.41, 5.74) is 4.93. The van der Waals surface area contributed by atoms with Gasteiger partial charge in [0, 0.05) is 12.2 Å². The Kier molecular flexibility index (Phi) is 2.49. The third kappa shape index (κ3) is 1.81. The summed E-state index contributed by atoms with van der Waals surface area (Å²) in [6.45, 7) is 0. The Morgan fingerprint density at radius 3 is 2.29 bits per heavy atom. The van der Waals surface area contributed by atoms with Crippen molar-refractivity contribution in [3.63, 3.8) is 0 Å². The molecule has 1 aliphatic carbocycles. The fourth-order valence-electron chi connectivity index (χ4n) is 2.23. The lowest BCUT2D eigenvalue weighted by Crippen LogP contribution is -2.28. The van der Waals surface area contributed by atoms with E-state index in [1.807, 2.05) is 6.07 Å². The molecule has 0 spiro atoms. The topological polar surface area (TPSA) is 83.9 Å². The first kappa shape index (κ1) is 12.0. The molecule has 1 saturated carbocycles. The smallest absolute Gasteiger partial charge is 0.153 e. The average molecular weight is 254 g/mol. The van der Waals surface area contributed by atoms with Crippen LogP contribution >= 0.6 is 0 Å². The Hall–Kier alpha value is -1.45. The van der Waals surface area contributed by atoms with Crippen molar-refractivity contribution in [1.29, 1.82) is 5.26 Å². The van der Waals surface area contributed by atoms with Crippen LogP contribution in [0, 0.1) is 17.1 Å². The van der Waals surface area contributed by atoms with Crippen LogP contribution in [0.15, 0.2) is 24.3 Å². The molecule has 1 aromatic rings. The average Bonchev–Trinajstić information content (AvgIpc) is 2.87. The molecule has 0 radical (unpaired) electrons. The molecule has 0 aromatic heterocycles. The molecule has 90 valence electrons. The lowest BCUT2D eigenvalue weighted by Gasteiger charge is -2.00.